The maximum absolute atomic E-state index is 9.85. The number of β-amino-alcohol motifs (C(OH)–C–C–N with tert-alkyl or cyclic N) is 1. The first-order valence-electron chi connectivity index (χ1n) is 5.30. The molecule has 2 nitrogen and oxygen atoms in total. The maximum Gasteiger partial charge on any atom is 0.0897 e. The van der Waals surface area contributed by atoms with Crippen molar-refractivity contribution in [2.24, 2.45) is 0 Å². The van der Waals surface area contributed by atoms with Gasteiger partial charge in [0.25, 0.3) is 0 Å². The molecule has 2 rings (SSSR count). The van der Waals surface area contributed by atoms with Gasteiger partial charge in [-0.15, -0.1) is 0 Å². The minimum absolute atomic E-state index is 0.438. The van der Waals surface area contributed by atoms with Gasteiger partial charge in [-0.3, -0.25) is 4.90 Å². The second-order valence-corrected chi connectivity index (χ2v) is 4.79. The first-order chi connectivity index (χ1) is 7.11. The van der Waals surface area contributed by atoms with E-state index in [1.807, 2.05) is 31.2 Å². The molecule has 3 heteroatoms. The summed E-state index contributed by atoms with van der Waals surface area (Å²) >= 11 is 5.81. The fraction of sp³-hybridized carbons (Fsp3) is 0.500. The van der Waals surface area contributed by atoms with Gasteiger partial charge in [0.1, 0.15) is 0 Å². The van der Waals surface area contributed by atoms with E-state index in [1.165, 1.54) is 5.56 Å². The van der Waals surface area contributed by atoms with Gasteiger partial charge in [0, 0.05) is 24.7 Å². The van der Waals surface area contributed by atoms with Crippen LogP contribution in [0.2, 0.25) is 5.02 Å². The molecule has 0 aromatic heterocycles. The number of hydrogen-bond acceptors (Lipinski definition) is 2. The van der Waals surface area contributed by atoms with Gasteiger partial charge in [0.05, 0.1) is 5.60 Å². The SMILES string of the molecule is CCC1(O)CN(Cc2ccc(Cl)cc2)C1. The van der Waals surface area contributed by atoms with Crippen molar-refractivity contribution in [3.63, 3.8) is 0 Å². The van der Waals surface area contributed by atoms with E-state index in [9.17, 15) is 5.11 Å². The molecule has 15 heavy (non-hydrogen) atoms. The summed E-state index contributed by atoms with van der Waals surface area (Å²) in [5, 5.41) is 10.6. The first-order valence-corrected chi connectivity index (χ1v) is 5.68. The van der Waals surface area contributed by atoms with Crippen LogP contribution in [0.15, 0.2) is 24.3 Å². The molecule has 0 aliphatic carbocycles. The zero-order chi connectivity index (χ0) is 10.9. The molecule has 0 unspecified atom stereocenters. The fourth-order valence-corrected chi connectivity index (χ4v) is 2.10. The summed E-state index contributed by atoms with van der Waals surface area (Å²) in [5.41, 5.74) is 0.810. The van der Waals surface area contributed by atoms with Crippen LogP contribution in [0.25, 0.3) is 0 Å². The van der Waals surface area contributed by atoms with E-state index in [-0.39, 0.29) is 0 Å². The summed E-state index contributed by atoms with van der Waals surface area (Å²) in [6.45, 7) is 4.50. The zero-order valence-electron chi connectivity index (χ0n) is 8.91. The van der Waals surface area contributed by atoms with Crippen molar-refractivity contribution in [3.8, 4) is 0 Å². The summed E-state index contributed by atoms with van der Waals surface area (Å²) in [5.74, 6) is 0. The molecule has 0 atom stereocenters. The molecule has 0 bridgehead atoms. The van der Waals surface area contributed by atoms with Gasteiger partial charge in [-0.1, -0.05) is 30.7 Å². The van der Waals surface area contributed by atoms with Crippen LogP contribution < -0.4 is 0 Å². The topological polar surface area (TPSA) is 23.5 Å². The minimum atomic E-state index is -0.438. The van der Waals surface area contributed by atoms with Crippen molar-refractivity contribution < 1.29 is 5.11 Å². The number of nitrogens with zero attached hydrogens (tertiary/aromatic N) is 1. The van der Waals surface area contributed by atoms with Gasteiger partial charge in [-0.2, -0.15) is 0 Å². The smallest absolute Gasteiger partial charge is 0.0897 e. The molecule has 0 amide bonds. The van der Waals surface area contributed by atoms with Crippen LogP contribution in [0.1, 0.15) is 18.9 Å². The van der Waals surface area contributed by atoms with Crippen LogP contribution in [0.4, 0.5) is 0 Å². The molecule has 1 aliphatic heterocycles. The fourth-order valence-electron chi connectivity index (χ4n) is 1.97. The lowest BCUT2D eigenvalue weighted by Crippen LogP contribution is -2.60. The zero-order valence-corrected chi connectivity index (χ0v) is 9.67. The van der Waals surface area contributed by atoms with Gasteiger partial charge >= 0.3 is 0 Å². The Morgan fingerprint density at radius 3 is 2.47 bits per heavy atom. The van der Waals surface area contributed by atoms with Gasteiger partial charge in [0.15, 0.2) is 0 Å². The normalized spacial score (nSPS) is 19.9. The van der Waals surface area contributed by atoms with E-state index >= 15 is 0 Å². The van der Waals surface area contributed by atoms with E-state index in [0.717, 1.165) is 31.1 Å². The predicted octanol–water partition coefficient (Wildman–Crippen LogP) is 2.30. The minimum Gasteiger partial charge on any atom is -0.387 e. The molecule has 1 aromatic rings. The Kier molecular flexibility index (Phi) is 3.01. The lowest BCUT2D eigenvalue weighted by Gasteiger charge is -2.46. The van der Waals surface area contributed by atoms with Crippen LogP contribution in [0.3, 0.4) is 0 Å². The molecule has 1 aromatic carbocycles. The molecule has 1 heterocycles. The average Bonchev–Trinajstić information content (AvgIpc) is 2.19. The second-order valence-electron chi connectivity index (χ2n) is 4.35. The number of likely N-dealkylation sites (tertiary alicyclic amines) is 1. The predicted molar refractivity (Wildman–Crippen MR) is 62.0 cm³/mol. The van der Waals surface area contributed by atoms with E-state index < -0.39 is 5.60 Å². The van der Waals surface area contributed by atoms with Crippen LogP contribution >= 0.6 is 11.6 Å². The molecular weight excluding hydrogens is 210 g/mol. The highest BCUT2D eigenvalue weighted by atomic mass is 35.5. The average molecular weight is 226 g/mol. The van der Waals surface area contributed by atoms with Crippen molar-refractivity contribution in [1.29, 1.82) is 0 Å². The summed E-state index contributed by atoms with van der Waals surface area (Å²) < 4.78 is 0. The van der Waals surface area contributed by atoms with Crippen LogP contribution in [-0.2, 0) is 6.54 Å². The first kappa shape index (κ1) is 10.9. The van der Waals surface area contributed by atoms with Gasteiger partial charge < -0.3 is 5.11 Å². The number of aliphatic hydroxyl groups is 1. The second kappa shape index (κ2) is 4.12. The molecule has 1 saturated heterocycles. The summed E-state index contributed by atoms with van der Waals surface area (Å²) in [7, 11) is 0. The Hall–Kier alpha value is -0.570. The largest absolute Gasteiger partial charge is 0.387 e. The standard InChI is InChI=1S/C12H16ClNO/c1-2-12(15)8-14(9-12)7-10-3-5-11(13)6-4-10/h3-6,15H,2,7-9H2,1H3. The third-order valence-electron chi connectivity index (χ3n) is 3.01. The Morgan fingerprint density at radius 1 is 1.33 bits per heavy atom. The van der Waals surface area contributed by atoms with Gasteiger partial charge in [0.2, 0.25) is 0 Å². The molecule has 1 N–H and O–H groups in total. The molecule has 0 spiro atoms. The quantitative estimate of drug-likeness (QED) is 0.854. The van der Waals surface area contributed by atoms with E-state index in [1.54, 1.807) is 0 Å². The maximum atomic E-state index is 9.85. The van der Waals surface area contributed by atoms with Gasteiger partial charge in [-0.25, -0.2) is 0 Å². The molecule has 0 saturated carbocycles. The van der Waals surface area contributed by atoms with Crippen molar-refractivity contribution in [1.82, 2.24) is 4.90 Å². The number of halogens is 1. The van der Waals surface area contributed by atoms with E-state index in [0.29, 0.717) is 0 Å². The van der Waals surface area contributed by atoms with Crippen LogP contribution in [-0.4, -0.2) is 28.7 Å². The number of benzene rings is 1. The lowest BCUT2D eigenvalue weighted by atomic mass is 9.91. The van der Waals surface area contributed by atoms with Crippen molar-refractivity contribution in [3.05, 3.63) is 34.9 Å². The molecule has 1 fully saturated rings. The van der Waals surface area contributed by atoms with Gasteiger partial charge in [-0.05, 0) is 24.1 Å². The third kappa shape index (κ3) is 2.51. The molecular formula is C12H16ClNO. The highest BCUT2D eigenvalue weighted by molar-refractivity contribution is 6.30. The highest BCUT2D eigenvalue weighted by Crippen LogP contribution is 2.25. The number of hydrogen-bond donors (Lipinski definition) is 1. The molecule has 82 valence electrons. The highest BCUT2D eigenvalue weighted by Gasteiger charge is 2.38. The Bertz CT molecular complexity index is 330. The van der Waals surface area contributed by atoms with Crippen molar-refractivity contribution in [2.75, 3.05) is 13.1 Å². The summed E-state index contributed by atoms with van der Waals surface area (Å²) in [4.78, 5) is 2.24. The summed E-state index contributed by atoms with van der Waals surface area (Å²) in [6.07, 6.45) is 0.837. The van der Waals surface area contributed by atoms with Crippen LogP contribution in [0, 0.1) is 0 Å². The summed E-state index contributed by atoms with van der Waals surface area (Å²) in [6, 6.07) is 7.88. The Morgan fingerprint density at radius 2 is 1.93 bits per heavy atom. The molecule has 0 radical (unpaired) electrons. The van der Waals surface area contributed by atoms with E-state index in [2.05, 4.69) is 4.90 Å². The van der Waals surface area contributed by atoms with Crippen molar-refractivity contribution in [2.45, 2.75) is 25.5 Å². The monoisotopic (exact) mass is 225 g/mol. The van der Waals surface area contributed by atoms with Crippen molar-refractivity contribution >= 4 is 11.6 Å². The van der Waals surface area contributed by atoms with Crippen LogP contribution in [0.5, 0.6) is 0 Å². The Balaban J connectivity index is 1.87. The third-order valence-corrected chi connectivity index (χ3v) is 3.27. The lowest BCUT2D eigenvalue weighted by molar-refractivity contribution is -0.103. The molecule has 1 aliphatic rings. The number of rotatable bonds is 3. The Labute approximate surface area is 95.5 Å². The van der Waals surface area contributed by atoms with E-state index in [4.69, 9.17) is 11.6 Å².